The lowest BCUT2D eigenvalue weighted by atomic mass is 10.00. The number of hydrogen-bond acceptors (Lipinski definition) is 4. The van der Waals surface area contributed by atoms with E-state index in [0.717, 1.165) is 29.7 Å². The van der Waals surface area contributed by atoms with Crippen molar-refractivity contribution < 1.29 is 14.3 Å². The minimum Gasteiger partial charge on any atom is -0.491 e. The third-order valence-electron chi connectivity index (χ3n) is 5.71. The first kappa shape index (κ1) is 24.6. The first-order chi connectivity index (χ1) is 15.3. The maximum Gasteiger partial charge on any atom is 0.242 e. The van der Waals surface area contributed by atoms with E-state index in [1.165, 1.54) is 4.88 Å². The molecule has 0 saturated heterocycles. The molecule has 0 saturated carbocycles. The molecule has 1 aromatic heterocycles. The molecular weight excluding hydrogens is 444 g/mol. The molecule has 1 atom stereocenters. The number of carbonyl (C=O) groups excluding carboxylic acids is 2. The standard InChI is InChI=1S/C25H33ClN2O3S/c1-5-10-27(24(29)13-17(2)3)15-25(30)28-11-8-23-20(9-12-32-23)22(28)16-31-19-6-7-21(26)18(4)14-19/h6-7,9,12,14,17,22H,5,8,10-11,13,15-16H2,1-4H3/t22-/m1/s1. The minimum atomic E-state index is -0.169. The van der Waals surface area contributed by atoms with Crippen molar-refractivity contribution in [2.24, 2.45) is 5.92 Å². The zero-order chi connectivity index (χ0) is 23.3. The van der Waals surface area contributed by atoms with Gasteiger partial charge < -0.3 is 14.5 Å². The Labute approximate surface area is 200 Å². The molecule has 1 aromatic carbocycles. The van der Waals surface area contributed by atoms with Crippen molar-refractivity contribution in [2.45, 2.75) is 53.0 Å². The average molecular weight is 477 g/mol. The first-order valence-electron chi connectivity index (χ1n) is 11.3. The number of ether oxygens (including phenoxy) is 1. The van der Waals surface area contributed by atoms with Crippen molar-refractivity contribution >= 4 is 34.8 Å². The quantitative estimate of drug-likeness (QED) is 0.480. The Hall–Kier alpha value is -2.05. The maximum atomic E-state index is 13.4. The summed E-state index contributed by atoms with van der Waals surface area (Å²) < 4.78 is 6.11. The molecule has 0 spiro atoms. The van der Waals surface area contributed by atoms with Gasteiger partial charge in [-0.1, -0.05) is 32.4 Å². The summed E-state index contributed by atoms with van der Waals surface area (Å²) in [6, 6.07) is 7.52. The van der Waals surface area contributed by atoms with E-state index in [9.17, 15) is 9.59 Å². The van der Waals surface area contributed by atoms with Gasteiger partial charge in [0.25, 0.3) is 0 Å². The van der Waals surface area contributed by atoms with E-state index in [4.69, 9.17) is 16.3 Å². The predicted octanol–water partition coefficient (Wildman–Crippen LogP) is 5.50. The summed E-state index contributed by atoms with van der Waals surface area (Å²) in [6.45, 7) is 9.75. The van der Waals surface area contributed by atoms with Crippen LogP contribution in [-0.4, -0.2) is 47.9 Å². The molecule has 7 heteroatoms. The highest BCUT2D eigenvalue weighted by Gasteiger charge is 2.33. The summed E-state index contributed by atoms with van der Waals surface area (Å²) in [7, 11) is 0. The van der Waals surface area contributed by atoms with Crippen molar-refractivity contribution in [3.8, 4) is 5.75 Å². The van der Waals surface area contributed by atoms with E-state index in [2.05, 4.69) is 11.4 Å². The summed E-state index contributed by atoms with van der Waals surface area (Å²) in [5, 5.41) is 2.78. The van der Waals surface area contributed by atoms with Gasteiger partial charge in [0.05, 0.1) is 12.6 Å². The monoisotopic (exact) mass is 476 g/mol. The summed E-state index contributed by atoms with van der Waals surface area (Å²) in [6.07, 6.45) is 2.13. The summed E-state index contributed by atoms with van der Waals surface area (Å²) in [5.41, 5.74) is 2.10. The molecule has 5 nitrogen and oxygen atoms in total. The smallest absolute Gasteiger partial charge is 0.242 e. The van der Waals surface area contributed by atoms with E-state index < -0.39 is 0 Å². The zero-order valence-electron chi connectivity index (χ0n) is 19.4. The van der Waals surface area contributed by atoms with E-state index >= 15 is 0 Å². The van der Waals surface area contributed by atoms with Crippen molar-refractivity contribution in [1.29, 1.82) is 0 Å². The topological polar surface area (TPSA) is 49.9 Å². The number of rotatable bonds is 9. The van der Waals surface area contributed by atoms with Crippen LogP contribution in [-0.2, 0) is 16.0 Å². The lowest BCUT2D eigenvalue weighted by Crippen LogP contribution is -2.48. The largest absolute Gasteiger partial charge is 0.491 e. The van der Waals surface area contributed by atoms with Crippen LogP contribution in [0, 0.1) is 12.8 Å². The van der Waals surface area contributed by atoms with Gasteiger partial charge in [0, 0.05) is 29.4 Å². The second-order valence-electron chi connectivity index (χ2n) is 8.79. The molecule has 2 aromatic rings. The fourth-order valence-corrected chi connectivity index (χ4v) is 5.10. The van der Waals surface area contributed by atoms with Gasteiger partial charge >= 0.3 is 0 Å². The first-order valence-corrected chi connectivity index (χ1v) is 12.6. The third-order valence-corrected chi connectivity index (χ3v) is 7.13. The fourth-order valence-electron chi connectivity index (χ4n) is 4.05. The predicted molar refractivity (Wildman–Crippen MR) is 130 cm³/mol. The number of amides is 2. The average Bonchev–Trinajstić information content (AvgIpc) is 3.22. The summed E-state index contributed by atoms with van der Waals surface area (Å²) in [5.74, 6) is 1.03. The number of benzene rings is 1. The number of carbonyl (C=O) groups is 2. The Morgan fingerprint density at radius 2 is 2.09 bits per heavy atom. The molecule has 1 aliphatic rings. The third kappa shape index (κ3) is 6.04. The van der Waals surface area contributed by atoms with E-state index in [0.29, 0.717) is 31.1 Å². The molecule has 32 heavy (non-hydrogen) atoms. The molecule has 174 valence electrons. The Morgan fingerprint density at radius 1 is 1.31 bits per heavy atom. The second-order valence-corrected chi connectivity index (χ2v) is 10.2. The van der Waals surface area contributed by atoms with E-state index in [-0.39, 0.29) is 30.3 Å². The maximum absolute atomic E-state index is 13.4. The molecule has 3 rings (SSSR count). The molecule has 2 heterocycles. The Morgan fingerprint density at radius 3 is 2.78 bits per heavy atom. The van der Waals surface area contributed by atoms with Crippen molar-refractivity contribution in [3.05, 3.63) is 50.7 Å². The van der Waals surface area contributed by atoms with Crippen LogP contribution in [0.1, 0.15) is 55.7 Å². The van der Waals surface area contributed by atoms with Crippen LogP contribution in [0.2, 0.25) is 5.02 Å². The molecule has 0 aliphatic carbocycles. The lowest BCUT2D eigenvalue weighted by Gasteiger charge is -2.37. The zero-order valence-corrected chi connectivity index (χ0v) is 21.0. The van der Waals surface area contributed by atoms with Crippen LogP contribution >= 0.6 is 22.9 Å². The second kappa shape index (κ2) is 11.2. The van der Waals surface area contributed by atoms with Gasteiger partial charge in [0.15, 0.2) is 0 Å². The Balaban J connectivity index is 1.76. The normalized spacial score (nSPS) is 15.6. The highest BCUT2D eigenvalue weighted by atomic mass is 35.5. The Bertz CT molecular complexity index is 943. The number of thiophene rings is 1. The molecule has 0 fully saturated rings. The van der Waals surface area contributed by atoms with Crippen LogP contribution in [0.4, 0.5) is 0 Å². The highest BCUT2D eigenvalue weighted by molar-refractivity contribution is 7.10. The van der Waals surface area contributed by atoms with Crippen molar-refractivity contribution in [2.75, 3.05) is 26.2 Å². The Kier molecular flexibility index (Phi) is 8.60. The molecule has 0 bridgehead atoms. The number of halogens is 1. The van der Waals surface area contributed by atoms with Crippen LogP contribution in [0.5, 0.6) is 5.75 Å². The fraction of sp³-hybridized carbons (Fsp3) is 0.520. The van der Waals surface area contributed by atoms with Gasteiger partial charge in [0.1, 0.15) is 12.4 Å². The summed E-state index contributed by atoms with van der Waals surface area (Å²) in [4.78, 5) is 31.0. The molecule has 1 aliphatic heterocycles. The van der Waals surface area contributed by atoms with Crippen LogP contribution in [0.25, 0.3) is 0 Å². The molecule has 0 radical (unpaired) electrons. The van der Waals surface area contributed by atoms with Crippen LogP contribution < -0.4 is 4.74 Å². The molecule has 0 unspecified atom stereocenters. The van der Waals surface area contributed by atoms with Gasteiger partial charge in [-0.05, 0) is 66.5 Å². The van der Waals surface area contributed by atoms with Gasteiger partial charge in [0.2, 0.25) is 11.8 Å². The van der Waals surface area contributed by atoms with E-state index in [1.807, 2.05) is 50.8 Å². The SMILES string of the molecule is CCCN(CC(=O)N1CCc2sccc2[C@H]1COc1ccc(Cl)c(C)c1)C(=O)CC(C)C. The number of fused-ring (bicyclic) bond motifs is 1. The van der Waals surface area contributed by atoms with Crippen molar-refractivity contribution in [3.63, 3.8) is 0 Å². The number of nitrogens with zero attached hydrogens (tertiary/aromatic N) is 2. The number of hydrogen-bond donors (Lipinski definition) is 0. The highest BCUT2D eigenvalue weighted by Crippen LogP contribution is 2.34. The van der Waals surface area contributed by atoms with Gasteiger partial charge in [-0.15, -0.1) is 11.3 Å². The summed E-state index contributed by atoms with van der Waals surface area (Å²) >= 11 is 7.87. The molecule has 0 N–H and O–H groups in total. The van der Waals surface area contributed by atoms with Crippen molar-refractivity contribution in [1.82, 2.24) is 9.80 Å². The lowest BCUT2D eigenvalue weighted by molar-refractivity contribution is -0.143. The minimum absolute atomic E-state index is 0.0201. The molecular formula is C25H33ClN2O3S. The van der Waals surface area contributed by atoms with Gasteiger partial charge in [-0.3, -0.25) is 9.59 Å². The molecule has 2 amide bonds. The van der Waals surface area contributed by atoms with Crippen LogP contribution in [0.15, 0.2) is 29.6 Å². The van der Waals surface area contributed by atoms with Gasteiger partial charge in [-0.2, -0.15) is 0 Å². The van der Waals surface area contributed by atoms with E-state index in [1.54, 1.807) is 16.2 Å². The van der Waals surface area contributed by atoms with Gasteiger partial charge in [-0.25, -0.2) is 0 Å². The van der Waals surface area contributed by atoms with Crippen LogP contribution in [0.3, 0.4) is 0 Å². The number of aryl methyl sites for hydroxylation is 1.